The van der Waals surface area contributed by atoms with Crippen molar-refractivity contribution in [1.29, 1.82) is 0 Å². The lowest BCUT2D eigenvalue weighted by molar-refractivity contribution is 0.0949. The first-order valence-corrected chi connectivity index (χ1v) is 8.50. The van der Waals surface area contributed by atoms with Gasteiger partial charge in [0.05, 0.1) is 11.8 Å². The maximum absolute atomic E-state index is 13.4. The molecule has 1 aromatic carbocycles. The molecule has 1 aromatic rings. The van der Waals surface area contributed by atoms with E-state index in [1.807, 2.05) is 0 Å². The molecule has 0 saturated heterocycles. The zero-order valence-corrected chi connectivity index (χ0v) is 13.6. The van der Waals surface area contributed by atoms with Gasteiger partial charge in [0, 0.05) is 24.6 Å². The van der Waals surface area contributed by atoms with Gasteiger partial charge in [0.25, 0.3) is 5.91 Å². The number of sulfonamides is 1. The smallest absolute Gasteiger partial charge is 0.254 e. The average Bonchev–Trinajstić information content (AvgIpc) is 2.35. The second-order valence-corrected chi connectivity index (χ2v) is 7.32. The van der Waals surface area contributed by atoms with Gasteiger partial charge in [0.1, 0.15) is 5.82 Å². The Morgan fingerprint density at radius 2 is 2.10 bits per heavy atom. The largest absolute Gasteiger partial charge is 0.352 e. The van der Waals surface area contributed by atoms with Gasteiger partial charge in [0.2, 0.25) is 10.0 Å². The molecule has 0 aliphatic heterocycles. The first-order chi connectivity index (χ1) is 9.21. The summed E-state index contributed by atoms with van der Waals surface area (Å²) in [6.07, 6.45) is 1.56. The van der Waals surface area contributed by atoms with Crippen LogP contribution >= 0.6 is 15.9 Å². The van der Waals surface area contributed by atoms with Crippen LogP contribution in [0.2, 0.25) is 0 Å². The fourth-order valence-corrected chi connectivity index (χ4v) is 2.26. The summed E-state index contributed by atoms with van der Waals surface area (Å²) in [5.41, 5.74) is -0.0455. The summed E-state index contributed by atoms with van der Waals surface area (Å²) in [5.74, 6) is -1.12. The fourth-order valence-electron chi connectivity index (χ4n) is 1.44. The number of benzene rings is 1. The van der Waals surface area contributed by atoms with Crippen molar-refractivity contribution in [3.63, 3.8) is 0 Å². The third kappa shape index (κ3) is 5.18. The zero-order valence-electron chi connectivity index (χ0n) is 11.2. The number of nitrogens with zero attached hydrogens (tertiary/aromatic N) is 1. The average molecular weight is 367 g/mol. The standard InChI is InChI=1S/C12H16BrFN2O3S/c1-16(20(2,18)19)7-3-6-15-12(17)10-8-9(13)4-5-11(10)14/h4-5,8H,3,6-7H2,1-2H3,(H,15,17). The number of nitrogens with one attached hydrogen (secondary N) is 1. The normalized spacial score (nSPS) is 11.7. The van der Waals surface area contributed by atoms with Crippen LogP contribution in [0.4, 0.5) is 4.39 Å². The van der Waals surface area contributed by atoms with E-state index >= 15 is 0 Å². The number of amides is 1. The van der Waals surface area contributed by atoms with Crippen LogP contribution in [-0.4, -0.2) is 45.0 Å². The van der Waals surface area contributed by atoms with Crippen molar-refractivity contribution < 1.29 is 17.6 Å². The number of halogens is 2. The quantitative estimate of drug-likeness (QED) is 0.777. The molecule has 0 aliphatic rings. The number of carbonyl (C=O) groups is 1. The van der Waals surface area contributed by atoms with Crippen molar-refractivity contribution in [1.82, 2.24) is 9.62 Å². The van der Waals surface area contributed by atoms with Gasteiger partial charge in [-0.2, -0.15) is 0 Å². The van der Waals surface area contributed by atoms with Gasteiger partial charge in [0.15, 0.2) is 0 Å². The molecule has 0 unspecified atom stereocenters. The first kappa shape index (κ1) is 17.1. The SMILES string of the molecule is CN(CCCNC(=O)c1cc(Br)ccc1F)S(C)(=O)=O. The minimum Gasteiger partial charge on any atom is -0.352 e. The molecule has 0 atom stereocenters. The summed E-state index contributed by atoms with van der Waals surface area (Å²) in [6.45, 7) is 0.560. The molecule has 0 spiro atoms. The van der Waals surface area contributed by atoms with Gasteiger partial charge in [-0.15, -0.1) is 0 Å². The van der Waals surface area contributed by atoms with E-state index in [4.69, 9.17) is 0 Å². The van der Waals surface area contributed by atoms with Crippen molar-refractivity contribution in [2.24, 2.45) is 0 Å². The van der Waals surface area contributed by atoms with E-state index in [9.17, 15) is 17.6 Å². The highest BCUT2D eigenvalue weighted by Crippen LogP contribution is 2.15. The minimum absolute atomic E-state index is 0.0455. The van der Waals surface area contributed by atoms with Crippen LogP contribution in [0.15, 0.2) is 22.7 Å². The molecule has 5 nitrogen and oxygen atoms in total. The molecule has 0 fully saturated rings. The molecule has 0 bridgehead atoms. The van der Waals surface area contributed by atoms with Gasteiger partial charge in [-0.05, 0) is 24.6 Å². The Kier molecular flexibility index (Phi) is 6.09. The second kappa shape index (κ2) is 7.14. The Morgan fingerprint density at radius 3 is 2.70 bits per heavy atom. The van der Waals surface area contributed by atoms with E-state index in [1.165, 1.54) is 29.6 Å². The van der Waals surface area contributed by atoms with Gasteiger partial charge in [-0.25, -0.2) is 17.1 Å². The zero-order chi connectivity index (χ0) is 15.3. The summed E-state index contributed by atoms with van der Waals surface area (Å²) in [6, 6.07) is 4.11. The molecule has 0 saturated carbocycles. The lowest BCUT2D eigenvalue weighted by Gasteiger charge is -2.14. The molecule has 20 heavy (non-hydrogen) atoms. The highest BCUT2D eigenvalue weighted by atomic mass is 79.9. The lowest BCUT2D eigenvalue weighted by Crippen LogP contribution is -2.31. The van der Waals surface area contributed by atoms with E-state index in [-0.39, 0.29) is 12.1 Å². The van der Waals surface area contributed by atoms with Crippen LogP contribution < -0.4 is 5.32 Å². The molecule has 1 amide bonds. The van der Waals surface area contributed by atoms with Crippen molar-refractivity contribution in [3.05, 3.63) is 34.1 Å². The summed E-state index contributed by atoms with van der Waals surface area (Å²) in [4.78, 5) is 11.8. The molecule has 112 valence electrons. The van der Waals surface area contributed by atoms with Gasteiger partial charge < -0.3 is 5.32 Å². The summed E-state index contributed by atoms with van der Waals surface area (Å²) >= 11 is 3.17. The number of hydrogen-bond acceptors (Lipinski definition) is 3. The topological polar surface area (TPSA) is 66.5 Å². The summed E-state index contributed by atoms with van der Waals surface area (Å²) < 4.78 is 37.5. The van der Waals surface area contributed by atoms with E-state index in [0.717, 1.165) is 6.26 Å². The fraction of sp³-hybridized carbons (Fsp3) is 0.417. The van der Waals surface area contributed by atoms with Crippen LogP contribution in [0.1, 0.15) is 16.8 Å². The molecular formula is C12H16BrFN2O3S. The summed E-state index contributed by atoms with van der Waals surface area (Å²) in [7, 11) is -1.75. The Hall–Kier alpha value is -0.990. The van der Waals surface area contributed by atoms with Crippen LogP contribution in [0.5, 0.6) is 0 Å². The molecule has 0 heterocycles. The number of rotatable bonds is 6. The molecule has 1 rings (SSSR count). The molecule has 0 aromatic heterocycles. The predicted molar refractivity (Wildman–Crippen MR) is 78.5 cm³/mol. The van der Waals surface area contributed by atoms with Crippen molar-refractivity contribution >= 4 is 31.9 Å². The van der Waals surface area contributed by atoms with Gasteiger partial charge in [-0.1, -0.05) is 15.9 Å². The number of hydrogen-bond donors (Lipinski definition) is 1. The van der Waals surface area contributed by atoms with E-state index in [0.29, 0.717) is 17.4 Å². The molecular weight excluding hydrogens is 351 g/mol. The van der Waals surface area contributed by atoms with Crippen LogP contribution in [0.25, 0.3) is 0 Å². The van der Waals surface area contributed by atoms with Crippen molar-refractivity contribution in [3.8, 4) is 0 Å². The third-order valence-electron chi connectivity index (χ3n) is 2.67. The van der Waals surface area contributed by atoms with E-state index in [1.54, 1.807) is 0 Å². The maximum Gasteiger partial charge on any atom is 0.254 e. The molecule has 0 radical (unpaired) electrons. The van der Waals surface area contributed by atoms with Crippen LogP contribution in [0, 0.1) is 5.82 Å². The molecule has 1 N–H and O–H groups in total. The molecule has 8 heteroatoms. The highest BCUT2D eigenvalue weighted by Gasteiger charge is 2.13. The number of carbonyl (C=O) groups excluding carboxylic acids is 1. The Labute approximate surface area is 126 Å². The minimum atomic E-state index is -3.21. The highest BCUT2D eigenvalue weighted by molar-refractivity contribution is 9.10. The Balaban J connectivity index is 2.47. The Bertz CT molecular complexity index is 592. The Morgan fingerprint density at radius 1 is 1.45 bits per heavy atom. The summed E-state index contributed by atoms with van der Waals surface area (Å²) in [5, 5.41) is 2.55. The monoisotopic (exact) mass is 366 g/mol. The van der Waals surface area contributed by atoms with Crippen molar-refractivity contribution in [2.75, 3.05) is 26.4 Å². The maximum atomic E-state index is 13.4. The lowest BCUT2D eigenvalue weighted by atomic mass is 10.2. The van der Waals surface area contributed by atoms with E-state index < -0.39 is 21.7 Å². The van der Waals surface area contributed by atoms with Gasteiger partial charge >= 0.3 is 0 Å². The molecule has 0 aliphatic carbocycles. The second-order valence-electron chi connectivity index (χ2n) is 4.32. The predicted octanol–water partition coefficient (Wildman–Crippen LogP) is 1.60. The van der Waals surface area contributed by atoms with E-state index in [2.05, 4.69) is 21.2 Å². The van der Waals surface area contributed by atoms with Gasteiger partial charge in [-0.3, -0.25) is 4.79 Å². The van der Waals surface area contributed by atoms with Crippen molar-refractivity contribution in [2.45, 2.75) is 6.42 Å². The van der Waals surface area contributed by atoms with Crippen LogP contribution in [0.3, 0.4) is 0 Å². The van der Waals surface area contributed by atoms with Crippen LogP contribution in [-0.2, 0) is 10.0 Å². The third-order valence-corrected chi connectivity index (χ3v) is 4.48. The first-order valence-electron chi connectivity index (χ1n) is 5.86.